The summed E-state index contributed by atoms with van der Waals surface area (Å²) in [7, 11) is 0. The van der Waals surface area contributed by atoms with Crippen LogP contribution in [0.5, 0.6) is 0 Å². The lowest BCUT2D eigenvalue weighted by molar-refractivity contribution is 0.282. The monoisotopic (exact) mass is 434 g/mol. The van der Waals surface area contributed by atoms with Crippen molar-refractivity contribution >= 4 is 35.3 Å². The van der Waals surface area contributed by atoms with Gasteiger partial charge in [-0.05, 0) is 25.7 Å². The molecule has 0 aromatic heterocycles. The molecular formula is C22H42O2S3. The Morgan fingerprint density at radius 2 is 0.815 bits per heavy atom. The molecule has 2 nitrogen and oxygen atoms in total. The van der Waals surface area contributed by atoms with Crippen LogP contribution in [0.15, 0.2) is 0 Å². The van der Waals surface area contributed by atoms with Crippen LogP contribution in [0.3, 0.4) is 0 Å². The molecule has 2 aliphatic rings. The van der Waals surface area contributed by atoms with Crippen molar-refractivity contribution in [2.45, 2.75) is 111 Å². The summed E-state index contributed by atoms with van der Waals surface area (Å²) in [5.74, 6) is 2.75. The minimum atomic E-state index is 0.362. The summed E-state index contributed by atoms with van der Waals surface area (Å²) in [5.41, 5.74) is 0. The number of aliphatic hydroxyl groups excluding tert-OH is 2. The Morgan fingerprint density at radius 1 is 0.481 bits per heavy atom. The van der Waals surface area contributed by atoms with Crippen molar-refractivity contribution < 1.29 is 10.2 Å². The topological polar surface area (TPSA) is 40.5 Å². The summed E-state index contributed by atoms with van der Waals surface area (Å²) in [6, 6.07) is 0. The number of hydrogen-bond donors (Lipinski definition) is 2. The second-order valence-corrected chi connectivity index (χ2v) is 13.4. The molecule has 2 N–H and O–H groups in total. The molecule has 2 fully saturated rings. The average Bonchev–Trinajstić information content (AvgIpc) is 3.22. The zero-order valence-corrected chi connectivity index (χ0v) is 19.7. The fourth-order valence-electron chi connectivity index (χ4n) is 4.19. The van der Waals surface area contributed by atoms with Crippen LogP contribution < -0.4 is 0 Å². The van der Waals surface area contributed by atoms with Crippen LogP contribution in [-0.2, 0) is 0 Å². The maximum absolute atomic E-state index is 8.81. The van der Waals surface area contributed by atoms with Gasteiger partial charge in [-0.25, -0.2) is 0 Å². The van der Waals surface area contributed by atoms with E-state index < -0.39 is 0 Å². The number of rotatable bonds is 18. The molecule has 0 radical (unpaired) electrons. The largest absolute Gasteiger partial charge is 0.396 e. The van der Waals surface area contributed by atoms with Gasteiger partial charge >= 0.3 is 0 Å². The van der Waals surface area contributed by atoms with Gasteiger partial charge in [-0.2, -0.15) is 0 Å². The first kappa shape index (κ1) is 24.2. The Kier molecular flexibility index (Phi) is 12.6. The van der Waals surface area contributed by atoms with Crippen LogP contribution in [0.1, 0.15) is 103 Å². The minimum Gasteiger partial charge on any atom is -0.396 e. The molecule has 160 valence electrons. The van der Waals surface area contributed by atoms with Gasteiger partial charge in [0, 0.05) is 24.7 Å². The van der Waals surface area contributed by atoms with Gasteiger partial charge in [-0.1, -0.05) is 77.0 Å². The summed E-state index contributed by atoms with van der Waals surface area (Å²) in [4.78, 5) is 0. The third kappa shape index (κ3) is 9.11. The fourth-order valence-corrected chi connectivity index (χ4v) is 11.0. The number of hydrogen-bond acceptors (Lipinski definition) is 5. The summed E-state index contributed by atoms with van der Waals surface area (Å²) < 4.78 is 1.09. The molecule has 2 atom stereocenters. The quantitative estimate of drug-likeness (QED) is 0.231. The first-order valence-corrected chi connectivity index (χ1v) is 14.2. The van der Waals surface area contributed by atoms with Gasteiger partial charge < -0.3 is 10.2 Å². The van der Waals surface area contributed by atoms with Crippen LogP contribution in [-0.4, -0.2) is 43.1 Å². The number of aliphatic hydroxyl groups is 2. The van der Waals surface area contributed by atoms with Crippen molar-refractivity contribution in [1.29, 1.82) is 0 Å². The van der Waals surface area contributed by atoms with Crippen molar-refractivity contribution in [3.05, 3.63) is 0 Å². The molecule has 0 amide bonds. The van der Waals surface area contributed by atoms with Gasteiger partial charge in [-0.15, -0.1) is 35.3 Å². The molecule has 2 bridgehead atoms. The molecule has 0 aliphatic carbocycles. The highest BCUT2D eigenvalue weighted by atomic mass is 32.2. The summed E-state index contributed by atoms with van der Waals surface area (Å²) >= 11 is 6.91. The molecule has 2 rings (SSSR count). The van der Waals surface area contributed by atoms with E-state index in [4.69, 9.17) is 10.2 Å². The lowest BCUT2D eigenvalue weighted by atomic mass is 10.1. The van der Waals surface area contributed by atoms with Gasteiger partial charge in [0.1, 0.15) is 0 Å². The molecule has 0 saturated carbocycles. The molecule has 5 heteroatoms. The molecule has 0 unspecified atom stereocenters. The highest BCUT2D eigenvalue weighted by molar-refractivity contribution is 8.33. The van der Waals surface area contributed by atoms with Crippen molar-refractivity contribution in [1.82, 2.24) is 0 Å². The lowest BCUT2D eigenvalue weighted by Crippen LogP contribution is -2.21. The predicted octanol–water partition coefficient (Wildman–Crippen LogP) is 6.83. The molecule has 0 aromatic rings. The number of thioether (sulfide) groups is 3. The van der Waals surface area contributed by atoms with Crippen LogP contribution in [0.25, 0.3) is 0 Å². The van der Waals surface area contributed by atoms with E-state index in [2.05, 4.69) is 35.3 Å². The summed E-state index contributed by atoms with van der Waals surface area (Å²) in [6.07, 6.45) is 20.9. The van der Waals surface area contributed by atoms with Gasteiger partial charge in [0.15, 0.2) is 0 Å². The van der Waals surface area contributed by atoms with E-state index in [-0.39, 0.29) is 0 Å². The SMILES string of the molecule is OCCCCCCCCC[C@]12CS[C@](CCCCCCCCCO)(CS1)S2. The Hall–Kier alpha value is 0.970. The fraction of sp³-hybridized carbons (Fsp3) is 1.00. The van der Waals surface area contributed by atoms with E-state index in [0.29, 0.717) is 21.4 Å². The van der Waals surface area contributed by atoms with Crippen LogP contribution in [0, 0.1) is 0 Å². The maximum Gasteiger partial charge on any atom is 0.0716 e. The Bertz CT molecular complexity index is 337. The molecule has 0 aromatic carbocycles. The smallest absolute Gasteiger partial charge is 0.0716 e. The van der Waals surface area contributed by atoms with Crippen LogP contribution >= 0.6 is 35.3 Å². The number of unbranched alkanes of at least 4 members (excludes halogenated alkanes) is 12. The van der Waals surface area contributed by atoms with Crippen molar-refractivity contribution in [3.63, 3.8) is 0 Å². The third-order valence-corrected chi connectivity index (χ3v) is 12.3. The van der Waals surface area contributed by atoms with E-state index >= 15 is 0 Å². The zero-order valence-electron chi connectivity index (χ0n) is 17.3. The van der Waals surface area contributed by atoms with Gasteiger partial charge in [0.25, 0.3) is 0 Å². The molecule has 0 spiro atoms. The van der Waals surface area contributed by atoms with Crippen LogP contribution in [0.2, 0.25) is 0 Å². The van der Waals surface area contributed by atoms with Gasteiger partial charge in [-0.3, -0.25) is 0 Å². The molecule has 2 heterocycles. The highest BCUT2D eigenvalue weighted by Crippen LogP contribution is 2.69. The van der Waals surface area contributed by atoms with Crippen molar-refractivity contribution in [2.75, 3.05) is 24.7 Å². The molecule has 2 saturated heterocycles. The maximum atomic E-state index is 8.81. The second-order valence-electron chi connectivity index (χ2n) is 8.40. The zero-order chi connectivity index (χ0) is 19.3. The van der Waals surface area contributed by atoms with E-state index in [9.17, 15) is 0 Å². The average molecular weight is 435 g/mol. The van der Waals surface area contributed by atoms with E-state index in [1.807, 2.05) is 0 Å². The Morgan fingerprint density at radius 3 is 1.15 bits per heavy atom. The third-order valence-electron chi connectivity index (χ3n) is 5.91. The molecular weight excluding hydrogens is 392 g/mol. The predicted molar refractivity (Wildman–Crippen MR) is 126 cm³/mol. The Labute approximate surface area is 180 Å². The number of fused-ring (bicyclic) bond motifs is 2. The lowest BCUT2D eigenvalue weighted by Gasteiger charge is -2.25. The summed E-state index contributed by atoms with van der Waals surface area (Å²) in [5, 5.41) is 17.6. The highest BCUT2D eigenvalue weighted by Gasteiger charge is 2.55. The van der Waals surface area contributed by atoms with Crippen molar-refractivity contribution in [3.8, 4) is 0 Å². The van der Waals surface area contributed by atoms with Crippen LogP contribution in [0.4, 0.5) is 0 Å². The van der Waals surface area contributed by atoms with Gasteiger partial charge in [0.05, 0.1) is 8.16 Å². The standard InChI is InChI=1S/C22H42O2S3/c23-17-13-9-5-1-3-7-11-15-21-19-26-22(27-21,20-25-21)16-12-8-4-2-6-10-14-18-24/h23-24H,1-20H2/t21-,22-/m0/s1. The van der Waals surface area contributed by atoms with E-state index in [1.165, 1.54) is 101 Å². The normalized spacial score (nSPS) is 26.9. The minimum absolute atomic E-state index is 0.362. The first-order chi connectivity index (χ1) is 13.2. The van der Waals surface area contributed by atoms with Crippen molar-refractivity contribution in [2.24, 2.45) is 0 Å². The molecule has 2 aliphatic heterocycles. The van der Waals surface area contributed by atoms with Gasteiger partial charge in [0.2, 0.25) is 0 Å². The van der Waals surface area contributed by atoms with E-state index in [1.54, 1.807) is 0 Å². The van der Waals surface area contributed by atoms with E-state index in [0.717, 1.165) is 12.8 Å². The molecule has 27 heavy (non-hydrogen) atoms. The second kappa shape index (κ2) is 14.1. The Balaban J connectivity index is 1.49. The first-order valence-electron chi connectivity index (χ1n) is 11.4. The summed E-state index contributed by atoms with van der Waals surface area (Å²) in [6.45, 7) is 0.724.